The third-order valence-electron chi connectivity index (χ3n) is 4.41. The lowest BCUT2D eigenvalue weighted by molar-refractivity contribution is -0.138. The number of rotatable bonds is 9. The molecule has 0 amide bonds. The molecule has 20 heavy (non-hydrogen) atoms. The lowest BCUT2D eigenvalue weighted by Gasteiger charge is -2.44. The van der Waals surface area contributed by atoms with Crippen molar-refractivity contribution in [3.05, 3.63) is 0 Å². The Bertz CT molecular complexity index is 250. The molecule has 0 radical (unpaired) electrons. The number of aliphatic hydroxyl groups excluding tert-OH is 3. The van der Waals surface area contributed by atoms with Gasteiger partial charge in [0.25, 0.3) is 0 Å². The lowest BCUT2D eigenvalue weighted by atomic mass is 9.90. The number of likely N-dealkylation sites (tertiary alicyclic amines) is 1. The van der Waals surface area contributed by atoms with Crippen LogP contribution in [0.5, 0.6) is 0 Å². The fourth-order valence-corrected chi connectivity index (χ4v) is 3.16. The van der Waals surface area contributed by atoms with Gasteiger partial charge in [-0.2, -0.15) is 0 Å². The van der Waals surface area contributed by atoms with E-state index < -0.39 is 18.3 Å². The van der Waals surface area contributed by atoms with Crippen LogP contribution in [0, 0.1) is 0 Å². The minimum Gasteiger partial charge on any atom is -0.389 e. The molecule has 1 heterocycles. The van der Waals surface area contributed by atoms with E-state index in [0.29, 0.717) is 6.54 Å². The topological polar surface area (TPSA) is 63.9 Å². The molecule has 1 fully saturated rings. The standard InChI is InChI=1S/C16H33NO3/c1-3-5-6-7-8-9-11-17-12-14(18)16(20)15(19)13(17)10-4-2/h13-16,18-20H,3-12H2,1-2H3/t13-,14-,15+,16+/m1/s1. The van der Waals surface area contributed by atoms with Gasteiger partial charge in [-0.05, 0) is 19.4 Å². The molecular weight excluding hydrogens is 254 g/mol. The summed E-state index contributed by atoms with van der Waals surface area (Å²) in [4.78, 5) is 2.17. The molecule has 4 heteroatoms. The average molecular weight is 287 g/mol. The third kappa shape index (κ3) is 5.32. The maximum absolute atomic E-state index is 10.1. The van der Waals surface area contributed by atoms with Crippen LogP contribution >= 0.6 is 0 Å². The van der Waals surface area contributed by atoms with Gasteiger partial charge >= 0.3 is 0 Å². The van der Waals surface area contributed by atoms with E-state index in [4.69, 9.17) is 0 Å². The van der Waals surface area contributed by atoms with Crippen molar-refractivity contribution in [1.29, 1.82) is 0 Å². The number of hydrogen-bond acceptors (Lipinski definition) is 4. The fraction of sp³-hybridized carbons (Fsp3) is 1.00. The molecule has 0 aliphatic carbocycles. The molecule has 0 spiro atoms. The molecule has 1 rings (SSSR count). The van der Waals surface area contributed by atoms with Crippen LogP contribution < -0.4 is 0 Å². The van der Waals surface area contributed by atoms with Crippen molar-refractivity contribution in [2.24, 2.45) is 0 Å². The predicted octanol–water partition coefficient (Wildman–Crippen LogP) is 1.91. The minimum atomic E-state index is -0.993. The van der Waals surface area contributed by atoms with Gasteiger partial charge in [0.2, 0.25) is 0 Å². The first-order valence-corrected chi connectivity index (χ1v) is 8.40. The normalized spacial score (nSPS) is 31.6. The van der Waals surface area contributed by atoms with Gasteiger partial charge in [-0.15, -0.1) is 0 Å². The molecule has 4 atom stereocenters. The van der Waals surface area contributed by atoms with E-state index in [1.807, 2.05) is 0 Å². The van der Waals surface area contributed by atoms with Gasteiger partial charge in [-0.25, -0.2) is 0 Å². The highest BCUT2D eigenvalue weighted by Crippen LogP contribution is 2.23. The van der Waals surface area contributed by atoms with Crippen molar-refractivity contribution < 1.29 is 15.3 Å². The van der Waals surface area contributed by atoms with E-state index in [2.05, 4.69) is 18.7 Å². The van der Waals surface area contributed by atoms with Gasteiger partial charge in [-0.1, -0.05) is 52.4 Å². The number of β-amino-alcohol motifs (C(OH)–C–C–N with tert-alkyl or cyclic N) is 1. The first-order valence-electron chi connectivity index (χ1n) is 8.40. The molecule has 0 saturated carbocycles. The van der Waals surface area contributed by atoms with Crippen molar-refractivity contribution in [3.63, 3.8) is 0 Å². The summed E-state index contributed by atoms with van der Waals surface area (Å²) in [6.07, 6.45) is 6.70. The molecule has 1 aliphatic heterocycles. The van der Waals surface area contributed by atoms with Crippen LogP contribution in [-0.4, -0.2) is 57.7 Å². The Morgan fingerprint density at radius 1 is 0.850 bits per heavy atom. The van der Waals surface area contributed by atoms with Crippen molar-refractivity contribution in [3.8, 4) is 0 Å². The van der Waals surface area contributed by atoms with E-state index in [0.717, 1.165) is 25.8 Å². The first kappa shape index (κ1) is 17.9. The quantitative estimate of drug-likeness (QED) is 0.567. The minimum absolute atomic E-state index is 0.00552. The molecule has 0 unspecified atom stereocenters. The molecule has 3 N–H and O–H groups in total. The summed E-state index contributed by atoms with van der Waals surface area (Å²) in [5, 5.41) is 29.8. The monoisotopic (exact) mass is 287 g/mol. The molecule has 0 aromatic heterocycles. The average Bonchev–Trinajstić information content (AvgIpc) is 2.44. The zero-order valence-corrected chi connectivity index (χ0v) is 13.2. The number of unbranched alkanes of at least 4 members (excludes halogenated alkanes) is 5. The Morgan fingerprint density at radius 3 is 2.15 bits per heavy atom. The van der Waals surface area contributed by atoms with Crippen molar-refractivity contribution >= 4 is 0 Å². The fourth-order valence-electron chi connectivity index (χ4n) is 3.16. The second-order valence-electron chi connectivity index (χ2n) is 6.17. The van der Waals surface area contributed by atoms with Gasteiger partial charge < -0.3 is 15.3 Å². The number of hydrogen-bond donors (Lipinski definition) is 3. The summed E-state index contributed by atoms with van der Waals surface area (Å²) in [7, 11) is 0. The van der Waals surface area contributed by atoms with Crippen LogP contribution in [-0.2, 0) is 0 Å². The predicted molar refractivity (Wildman–Crippen MR) is 81.7 cm³/mol. The van der Waals surface area contributed by atoms with Crippen molar-refractivity contribution in [2.75, 3.05) is 13.1 Å². The van der Waals surface area contributed by atoms with Gasteiger partial charge in [0, 0.05) is 12.6 Å². The van der Waals surface area contributed by atoms with E-state index in [9.17, 15) is 15.3 Å². The Balaban J connectivity index is 2.36. The Kier molecular flexibility index (Phi) is 8.69. The third-order valence-corrected chi connectivity index (χ3v) is 4.41. The molecule has 1 saturated heterocycles. The second-order valence-corrected chi connectivity index (χ2v) is 6.17. The van der Waals surface area contributed by atoms with Crippen LogP contribution in [0.3, 0.4) is 0 Å². The molecular formula is C16H33NO3. The molecule has 4 nitrogen and oxygen atoms in total. The largest absolute Gasteiger partial charge is 0.389 e. The van der Waals surface area contributed by atoms with Gasteiger partial charge in [0.15, 0.2) is 0 Å². The first-order chi connectivity index (χ1) is 9.61. The highest BCUT2D eigenvalue weighted by Gasteiger charge is 2.40. The van der Waals surface area contributed by atoms with Crippen LogP contribution in [0.1, 0.15) is 65.2 Å². The van der Waals surface area contributed by atoms with Gasteiger partial charge in [0.05, 0.1) is 12.2 Å². The zero-order valence-electron chi connectivity index (χ0n) is 13.2. The van der Waals surface area contributed by atoms with Gasteiger partial charge in [-0.3, -0.25) is 4.90 Å². The Morgan fingerprint density at radius 2 is 1.50 bits per heavy atom. The summed E-state index contributed by atoms with van der Waals surface area (Å²) >= 11 is 0. The van der Waals surface area contributed by atoms with E-state index in [1.54, 1.807) is 0 Å². The van der Waals surface area contributed by atoms with E-state index in [-0.39, 0.29) is 6.04 Å². The zero-order chi connectivity index (χ0) is 15.0. The summed E-state index contributed by atoms with van der Waals surface area (Å²) < 4.78 is 0. The van der Waals surface area contributed by atoms with Crippen molar-refractivity contribution in [1.82, 2.24) is 4.90 Å². The number of piperidine rings is 1. The number of aliphatic hydroxyl groups is 3. The van der Waals surface area contributed by atoms with Crippen LogP contribution in [0.4, 0.5) is 0 Å². The Hall–Kier alpha value is -0.160. The maximum atomic E-state index is 10.1. The number of nitrogens with zero attached hydrogens (tertiary/aromatic N) is 1. The van der Waals surface area contributed by atoms with E-state index in [1.165, 1.54) is 32.1 Å². The Labute approximate surface area is 123 Å². The summed E-state index contributed by atoms with van der Waals surface area (Å²) in [5.41, 5.74) is 0. The second kappa shape index (κ2) is 9.72. The highest BCUT2D eigenvalue weighted by molar-refractivity contribution is 4.94. The summed E-state index contributed by atoms with van der Waals surface area (Å²) in [6, 6.07) is -0.00552. The highest BCUT2D eigenvalue weighted by atomic mass is 16.4. The summed E-state index contributed by atoms with van der Waals surface area (Å²) in [6.45, 7) is 5.71. The van der Waals surface area contributed by atoms with Crippen LogP contribution in [0.2, 0.25) is 0 Å². The van der Waals surface area contributed by atoms with Crippen LogP contribution in [0.25, 0.3) is 0 Å². The molecule has 1 aliphatic rings. The summed E-state index contributed by atoms with van der Waals surface area (Å²) in [5.74, 6) is 0. The SMILES string of the molecule is CCCCCCCCN1C[C@@H](O)[C@H](O)[C@@H](O)[C@H]1CCC. The maximum Gasteiger partial charge on any atom is 0.108 e. The lowest BCUT2D eigenvalue weighted by Crippen LogP contribution is -2.61. The molecule has 0 bridgehead atoms. The molecule has 0 aromatic carbocycles. The molecule has 0 aromatic rings. The van der Waals surface area contributed by atoms with Crippen LogP contribution in [0.15, 0.2) is 0 Å². The molecule has 120 valence electrons. The van der Waals surface area contributed by atoms with Gasteiger partial charge in [0.1, 0.15) is 6.10 Å². The van der Waals surface area contributed by atoms with E-state index >= 15 is 0 Å². The smallest absolute Gasteiger partial charge is 0.108 e. The van der Waals surface area contributed by atoms with Crippen molar-refractivity contribution in [2.45, 2.75) is 89.6 Å².